The average molecular weight is 463 g/mol. The Morgan fingerprint density at radius 1 is 0.677 bits per heavy atom. The maximum absolute atomic E-state index is 10.3. The molecule has 0 aromatic heterocycles. The van der Waals surface area contributed by atoms with E-state index >= 15 is 0 Å². The number of rotatable bonds is 17. The molecule has 0 aliphatic carbocycles. The fourth-order valence-corrected chi connectivity index (χ4v) is 8.60. The third kappa shape index (κ3) is 9.85. The summed E-state index contributed by atoms with van der Waals surface area (Å²) in [6.07, 6.45) is 15.7. The fraction of sp³-hybridized carbons (Fsp3) is 0.519. The van der Waals surface area contributed by atoms with Gasteiger partial charge in [0.05, 0.1) is 36.8 Å². The molecule has 0 aliphatic rings. The van der Waals surface area contributed by atoms with Crippen LogP contribution in [-0.2, 0) is 9.53 Å². The lowest BCUT2D eigenvalue weighted by Gasteiger charge is -2.27. The molecule has 2 aromatic carbocycles. The highest BCUT2D eigenvalue weighted by atomic mass is 35.5. The zero-order valence-electron chi connectivity index (χ0n) is 19.2. The predicted molar refractivity (Wildman–Crippen MR) is 133 cm³/mol. The molecule has 0 radical (unpaired) electrons. The second-order valence-corrected chi connectivity index (χ2v) is 12.1. The molecule has 172 valence electrons. The first-order valence-corrected chi connectivity index (χ1v) is 13.9. The molecule has 0 unspecified atom stereocenters. The van der Waals surface area contributed by atoms with Crippen LogP contribution in [0.25, 0.3) is 0 Å². The number of carbonyl (C=O) groups is 1. The standard InChI is InChI=1S/C27H40O2P.ClH/c1-29-23-25-30(26-18-12-10-13-19-26,27-20-14-11-15-21-27)24-17-9-7-5-3-2-4-6-8-16-22-28;/h10-15,18-22H,2-9,16-17,23-25H2,1H3;1H/q+1;/p-1. The summed E-state index contributed by atoms with van der Waals surface area (Å²) in [4.78, 5) is 10.3. The van der Waals surface area contributed by atoms with Crippen molar-refractivity contribution in [1.82, 2.24) is 0 Å². The fourth-order valence-electron chi connectivity index (χ4n) is 4.30. The smallest absolute Gasteiger partial charge is 0.119 e. The van der Waals surface area contributed by atoms with Gasteiger partial charge in [-0.2, -0.15) is 0 Å². The number of benzene rings is 2. The predicted octanol–water partition coefficient (Wildman–Crippen LogP) is 3.41. The second kappa shape index (κ2) is 17.4. The van der Waals surface area contributed by atoms with Crippen molar-refractivity contribution in [2.75, 3.05) is 26.0 Å². The van der Waals surface area contributed by atoms with Gasteiger partial charge >= 0.3 is 0 Å². The van der Waals surface area contributed by atoms with E-state index in [-0.39, 0.29) is 12.4 Å². The van der Waals surface area contributed by atoms with Crippen molar-refractivity contribution in [1.29, 1.82) is 0 Å². The molecule has 0 aliphatic heterocycles. The summed E-state index contributed by atoms with van der Waals surface area (Å²) in [5.74, 6) is 0. The van der Waals surface area contributed by atoms with Crippen LogP contribution < -0.4 is 23.0 Å². The molecule has 0 atom stereocenters. The molecule has 0 heterocycles. The monoisotopic (exact) mass is 462 g/mol. The Labute approximate surface area is 196 Å². The van der Waals surface area contributed by atoms with Crippen LogP contribution >= 0.6 is 7.26 Å². The van der Waals surface area contributed by atoms with E-state index in [1.54, 1.807) is 0 Å². The first-order chi connectivity index (χ1) is 14.8. The molecule has 0 saturated carbocycles. The lowest BCUT2D eigenvalue weighted by Crippen LogP contribution is -3.00. The highest BCUT2D eigenvalue weighted by molar-refractivity contribution is 7.89. The Morgan fingerprint density at radius 3 is 1.58 bits per heavy atom. The summed E-state index contributed by atoms with van der Waals surface area (Å²) < 4.78 is 5.56. The number of ether oxygens (including phenoxy) is 1. The van der Waals surface area contributed by atoms with E-state index in [9.17, 15) is 4.79 Å². The van der Waals surface area contributed by atoms with Gasteiger partial charge in [-0.05, 0) is 43.5 Å². The number of unbranched alkanes of at least 4 members (excludes halogenated alkanes) is 9. The summed E-state index contributed by atoms with van der Waals surface area (Å²) >= 11 is 0. The maximum Gasteiger partial charge on any atom is 0.119 e. The minimum Gasteiger partial charge on any atom is -1.00 e. The molecule has 0 fully saturated rings. The highest BCUT2D eigenvalue weighted by Gasteiger charge is 2.41. The summed E-state index contributed by atoms with van der Waals surface area (Å²) in [6, 6.07) is 22.3. The number of hydrogen-bond donors (Lipinski definition) is 0. The van der Waals surface area contributed by atoms with Crippen molar-refractivity contribution in [3.8, 4) is 0 Å². The largest absolute Gasteiger partial charge is 1.00 e. The van der Waals surface area contributed by atoms with Gasteiger partial charge in [0.1, 0.15) is 6.29 Å². The normalized spacial score (nSPS) is 11.1. The van der Waals surface area contributed by atoms with Crippen LogP contribution in [0.1, 0.15) is 64.2 Å². The lowest BCUT2D eigenvalue weighted by atomic mass is 10.1. The van der Waals surface area contributed by atoms with E-state index in [0.717, 1.165) is 31.9 Å². The van der Waals surface area contributed by atoms with Gasteiger partial charge < -0.3 is 21.9 Å². The molecule has 2 aromatic rings. The molecule has 0 amide bonds. The minimum atomic E-state index is -1.45. The number of hydrogen-bond acceptors (Lipinski definition) is 2. The van der Waals surface area contributed by atoms with Gasteiger partial charge in [-0.1, -0.05) is 74.9 Å². The molecule has 0 saturated heterocycles. The van der Waals surface area contributed by atoms with E-state index < -0.39 is 7.26 Å². The molecular weight excluding hydrogens is 423 g/mol. The molecule has 2 nitrogen and oxygen atoms in total. The van der Waals surface area contributed by atoms with Crippen molar-refractivity contribution in [3.63, 3.8) is 0 Å². The van der Waals surface area contributed by atoms with Crippen LogP contribution in [0.3, 0.4) is 0 Å². The van der Waals surface area contributed by atoms with Gasteiger partial charge in [-0.3, -0.25) is 0 Å². The quantitative estimate of drug-likeness (QED) is 0.204. The number of methoxy groups -OCH3 is 1. The third-order valence-corrected chi connectivity index (χ3v) is 10.6. The minimum absolute atomic E-state index is 0. The first kappa shape index (κ1) is 27.8. The third-order valence-electron chi connectivity index (χ3n) is 6.04. The summed E-state index contributed by atoms with van der Waals surface area (Å²) in [5.41, 5.74) is 0. The van der Waals surface area contributed by atoms with Gasteiger partial charge in [-0.25, -0.2) is 0 Å². The molecule has 4 heteroatoms. The van der Waals surface area contributed by atoms with Crippen molar-refractivity contribution < 1.29 is 21.9 Å². The van der Waals surface area contributed by atoms with Gasteiger partial charge in [0.15, 0.2) is 0 Å². The molecule has 0 bridgehead atoms. The summed E-state index contributed by atoms with van der Waals surface area (Å²) in [7, 11) is 0.375. The number of carbonyl (C=O) groups excluding carboxylic acids is 1. The molecule has 2 rings (SSSR count). The van der Waals surface area contributed by atoms with Crippen LogP contribution in [0.15, 0.2) is 60.7 Å². The molecule has 0 N–H and O–H groups in total. The van der Waals surface area contributed by atoms with Crippen molar-refractivity contribution in [3.05, 3.63) is 60.7 Å². The van der Waals surface area contributed by atoms with Gasteiger partial charge in [0, 0.05) is 13.5 Å². The van der Waals surface area contributed by atoms with Crippen LogP contribution in [0.2, 0.25) is 0 Å². The van der Waals surface area contributed by atoms with E-state index in [2.05, 4.69) is 60.7 Å². The van der Waals surface area contributed by atoms with Crippen molar-refractivity contribution >= 4 is 24.2 Å². The van der Waals surface area contributed by atoms with Crippen LogP contribution in [0.5, 0.6) is 0 Å². The van der Waals surface area contributed by atoms with Crippen LogP contribution in [0.4, 0.5) is 0 Å². The van der Waals surface area contributed by atoms with E-state index in [1.807, 2.05) is 7.11 Å². The lowest BCUT2D eigenvalue weighted by molar-refractivity contribution is -0.107. The van der Waals surface area contributed by atoms with Crippen molar-refractivity contribution in [2.45, 2.75) is 64.2 Å². The summed E-state index contributed by atoms with van der Waals surface area (Å²) in [6.45, 7) is 0.821. The summed E-state index contributed by atoms with van der Waals surface area (Å²) in [5, 5.41) is 3.03. The van der Waals surface area contributed by atoms with Gasteiger partial charge in [-0.15, -0.1) is 0 Å². The van der Waals surface area contributed by atoms with E-state index in [4.69, 9.17) is 4.74 Å². The zero-order chi connectivity index (χ0) is 21.3. The Balaban J connectivity index is 0.00000480. The zero-order valence-corrected chi connectivity index (χ0v) is 20.8. The highest BCUT2D eigenvalue weighted by Crippen LogP contribution is 2.56. The Hall–Kier alpha value is -1.21. The van der Waals surface area contributed by atoms with Crippen LogP contribution in [0, 0.1) is 0 Å². The second-order valence-electron chi connectivity index (χ2n) is 8.22. The van der Waals surface area contributed by atoms with E-state index in [1.165, 1.54) is 68.1 Å². The van der Waals surface area contributed by atoms with Gasteiger partial charge in [0.25, 0.3) is 0 Å². The maximum atomic E-state index is 10.3. The average Bonchev–Trinajstić information content (AvgIpc) is 2.81. The Bertz CT molecular complexity index is 639. The topological polar surface area (TPSA) is 26.3 Å². The molecule has 31 heavy (non-hydrogen) atoms. The first-order valence-electron chi connectivity index (χ1n) is 11.7. The SMILES string of the molecule is COCC[P+](CCCCCCCCCCCC=O)(c1ccccc1)c1ccccc1.[Cl-]. The Kier molecular flexibility index (Phi) is 15.6. The van der Waals surface area contributed by atoms with Crippen molar-refractivity contribution in [2.24, 2.45) is 0 Å². The number of aldehydes is 1. The Morgan fingerprint density at radius 2 is 1.13 bits per heavy atom. The van der Waals surface area contributed by atoms with Gasteiger partial charge in [0.2, 0.25) is 0 Å². The molecular formula is C27H40ClO2P. The number of halogens is 1. The van der Waals surface area contributed by atoms with E-state index in [0.29, 0.717) is 0 Å². The molecule has 0 spiro atoms. The van der Waals surface area contributed by atoms with Crippen LogP contribution in [-0.4, -0.2) is 32.3 Å².